The minimum absolute atomic E-state index is 0.0402. The highest BCUT2D eigenvalue weighted by atomic mass is 19.1. The van der Waals surface area contributed by atoms with Gasteiger partial charge in [-0.3, -0.25) is 4.99 Å². The number of nitrogens with one attached hydrogen (secondary N) is 2. The fourth-order valence-corrected chi connectivity index (χ4v) is 4.81. The van der Waals surface area contributed by atoms with E-state index in [1.165, 1.54) is 37.5 Å². The van der Waals surface area contributed by atoms with Crippen LogP contribution in [0.5, 0.6) is 0 Å². The van der Waals surface area contributed by atoms with Crippen LogP contribution in [0.2, 0.25) is 0 Å². The number of hydrogen-bond acceptors (Lipinski definition) is 2. The van der Waals surface area contributed by atoms with Crippen molar-refractivity contribution in [2.75, 3.05) is 14.1 Å². The molecule has 2 bridgehead atoms. The molecule has 0 aromatic heterocycles. The topological polar surface area (TPSA) is 39.7 Å². The van der Waals surface area contributed by atoms with Crippen molar-refractivity contribution in [2.24, 2.45) is 4.99 Å². The summed E-state index contributed by atoms with van der Waals surface area (Å²) in [5, 5.41) is 6.91. The molecule has 1 aliphatic carbocycles. The van der Waals surface area contributed by atoms with Gasteiger partial charge in [0.05, 0.1) is 0 Å². The van der Waals surface area contributed by atoms with Crippen molar-refractivity contribution in [3.63, 3.8) is 0 Å². The van der Waals surface area contributed by atoms with E-state index in [4.69, 9.17) is 0 Å². The first-order valence-electron chi connectivity index (χ1n) is 9.72. The maximum absolute atomic E-state index is 14.0. The number of hydrogen-bond donors (Lipinski definition) is 2. The van der Waals surface area contributed by atoms with Crippen molar-refractivity contribution in [1.82, 2.24) is 15.5 Å². The normalized spacial score (nSPS) is 34.5. The van der Waals surface area contributed by atoms with Crippen LogP contribution >= 0.6 is 0 Å². The Bertz CT molecular complexity index is 658. The van der Waals surface area contributed by atoms with Gasteiger partial charge in [-0.2, -0.15) is 0 Å². The Morgan fingerprint density at radius 1 is 1.08 bits per heavy atom. The van der Waals surface area contributed by atoms with Crippen molar-refractivity contribution in [3.8, 4) is 0 Å². The molecule has 0 radical (unpaired) electrons. The van der Waals surface area contributed by atoms with Gasteiger partial charge in [-0.15, -0.1) is 0 Å². The fourth-order valence-electron chi connectivity index (χ4n) is 4.81. The predicted octanol–water partition coefficient (Wildman–Crippen LogP) is 3.00. The van der Waals surface area contributed by atoms with Crippen LogP contribution in [0.25, 0.3) is 0 Å². The monoisotopic (exact) mass is 362 g/mol. The van der Waals surface area contributed by atoms with Gasteiger partial charge in [-0.05, 0) is 51.3 Å². The fraction of sp³-hybridized carbons (Fsp3) is 0.650. The molecule has 3 aliphatic rings. The van der Waals surface area contributed by atoms with Crippen LogP contribution in [0.1, 0.15) is 50.0 Å². The minimum Gasteiger partial charge on any atom is -0.354 e. The number of guanidine groups is 1. The van der Waals surface area contributed by atoms with E-state index in [0.717, 1.165) is 25.2 Å². The lowest BCUT2D eigenvalue weighted by molar-refractivity contribution is 0.0526. The van der Waals surface area contributed by atoms with Gasteiger partial charge in [0.25, 0.3) is 0 Å². The predicted molar refractivity (Wildman–Crippen MR) is 99.3 cm³/mol. The Balaban J connectivity index is 1.35. The van der Waals surface area contributed by atoms with E-state index < -0.39 is 11.6 Å². The maximum Gasteiger partial charge on any atom is 0.191 e. The van der Waals surface area contributed by atoms with E-state index in [0.29, 0.717) is 18.1 Å². The lowest BCUT2D eigenvalue weighted by Crippen LogP contribution is -2.56. The Kier molecular flexibility index (Phi) is 4.86. The zero-order valence-corrected chi connectivity index (χ0v) is 15.5. The largest absolute Gasteiger partial charge is 0.354 e. The summed E-state index contributed by atoms with van der Waals surface area (Å²) in [4.78, 5) is 6.88. The highest BCUT2D eigenvalue weighted by molar-refractivity contribution is 5.81. The van der Waals surface area contributed by atoms with Gasteiger partial charge in [-0.25, -0.2) is 8.78 Å². The Morgan fingerprint density at radius 2 is 1.73 bits per heavy atom. The van der Waals surface area contributed by atoms with Crippen LogP contribution in [0.4, 0.5) is 8.78 Å². The number of rotatable bonds is 3. The van der Waals surface area contributed by atoms with E-state index in [-0.39, 0.29) is 17.5 Å². The first-order chi connectivity index (χ1) is 12.6. The van der Waals surface area contributed by atoms with Crippen LogP contribution in [0, 0.1) is 11.6 Å². The molecule has 4 nitrogen and oxygen atoms in total. The summed E-state index contributed by atoms with van der Waals surface area (Å²) in [5.41, 5.74) is 0.203. The molecular formula is C20H28F2N4. The van der Waals surface area contributed by atoms with Crippen LogP contribution < -0.4 is 10.6 Å². The molecule has 142 valence electrons. The second-order valence-electron chi connectivity index (χ2n) is 8.02. The van der Waals surface area contributed by atoms with Gasteiger partial charge in [0.1, 0.15) is 11.6 Å². The summed E-state index contributed by atoms with van der Waals surface area (Å²) in [5.74, 6) is -0.274. The summed E-state index contributed by atoms with van der Waals surface area (Å²) < 4.78 is 27.9. The number of aliphatic imine (C=N–C) groups is 1. The number of fused-ring (bicyclic) bond motifs is 2. The summed E-state index contributed by atoms with van der Waals surface area (Å²) in [6.07, 6.45) is 6.87. The summed E-state index contributed by atoms with van der Waals surface area (Å²) in [7, 11) is 4.00. The third-order valence-electron chi connectivity index (χ3n) is 6.39. The van der Waals surface area contributed by atoms with E-state index in [1.807, 2.05) is 0 Å². The number of nitrogens with zero attached hydrogens (tertiary/aromatic N) is 2. The molecule has 3 fully saturated rings. The van der Waals surface area contributed by atoms with Crippen molar-refractivity contribution in [1.29, 1.82) is 0 Å². The van der Waals surface area contributed by atoms with E-state index >= 15 is 0 Å². The summed E-state index contributed by atoms with van der Waals surface area (Å²) in [6.45, 7) is 0. The molecule has 4 atom stereocenters. The molecule has 4 unspecified atom stereocenters. The second-order valence-corrected chi connectivity index (χ2v) is 8.02. The standard InChI is InChI=1S/C20H28F2N4/c1-23-20(24-12-9-13-5-3-6-14(10-12)26(13)2)25-18-11-15(18)19-16(21)7-4-8-17(19)22/h4,7-8,12-15,18H,3,5-6,9-11H2,1-2H3,(H2,23,24,25). The third kappa shape index (κ3) is 3.43. The quantitative estimate of drug-likeness (QED) is 0.641. The van der Waals surface area contributed by atoms with Gasteiger partial charge < -0.3 is 15.5 Å². The van der Waals surface area contributed by atoms with Gasteiger partial charge in [0.15, 0.2) is 5.96 Å². The molecule has 0 amide bonds. The van der Waals surface area contributed by atoms with Crippen molar-refractivity contribution in [3.05, 3.63) is 35.4 Å². The van der Waals surface area contributed by atoms with Gasteiger partial charge in [0, 0.05) is 42.7 Å². The zero-order chi connectivity index (χ0) is 18.3. The highest BCUT2D eigenvalue weighted by Crippen LogP contribution is 2.43. The smallest absolute Gasteiger partial charge is 0.191 e. The van der Waals surface area contributed by atoms with Crippen LogP contribution in [0.15, 0.2) is 23.2 Å². The van der Waals surface area contributed by atoms with Gasteiger partial charge >= 0.3 is 0 Å². The first kappa shape index (κ1) is 17.7. The third-order valence-corrected chi connectivity index (χ3v) is 6.39. The summed E-state index contributed by atoms with van der Waals surface area (Å²) in [6, 6.07) is 5.83. The highest BCUT2D eigenvalue weighted by Gasteiger charge is 2.43. The molecule has 0 spiro atoms. The molecule has 26 heavy (non-hydrogen) atoms. The molecule has 2 N–H and O–H groups in total. The minimum atomic E-state index is -0.453. The van der Waals surface area contributed by atoms with E-state index in [1.54, 1.807) is 7.05 Å². The van der Waals surface area contributed by atoms with Crippen LogP contribution in [-0.4, -0.2) is 49.1 Å². The number of benzene rings is 1. The lowest BCUT2D eigenvalue weighted by atomic mass is 9.82. The molecule has 1 aromatic rings. The lowest BCUT2D eigenvalue weighted by Gasteiger charge is -2.47. The summed E-state index contributed by atoms with van der Waals surface area (Å²) >= 11 is 0. The molecule has 4 rings (SSSR count). The maximum atomic E-state index is 14.0. The van der Waals surface area contributed by atoms with Gasteiger partial charge in [-0.1, -0.05) is 12.5 Å². The van der Waals surface area contributed by atoms with Crippen LogP contribution in [0.3, 0.4) is 0 Å². The number of piperidine rings is 2. The second kappa shape index (κ2) is 7.14. The molecular weight excluding hydrogens is 334 g/mol. The van der Waals surface area contributed by atoms with Crippen molar-refractivity contribution < 1.29 is 8.78 Å². The van der Waals surface area contributed by atoms with E-state index in [2.05, 4.69) is 27.6 Å². The molecule has 1 saturated carbocycles. The zero-order valence-electron chi connectivity index (χ0n) is 15.5. The Hall–Kier alpha value is -1.69. The average Bonchev–Trinajstić information content (AvgIpc) is 3.33. The first-order valence-corrected chi connectivity index (χ1v) is 9.72. The molecule has 2 aliphatic heterocycles. The molecule has 2 heterocycles. The molecule has 6 heteroatoms. The Labute approximate surface area is 154 Å². The van der Waals surface area contributed by atoms with Crippen molar-refractivity contribution in [2.45, 2.75) is 68.6 Å². The van der Waals surface area contributed by atoms with Gasteiger partial charge in [0.2, 0.25) is 0 Å². The van der Waals surface area contributed by atoms with Crippen LogP contribution in [-0.2, 0) is 0 Å². The SMILES string of the molecule is CN=C(NC1CC2CCCC(C1)N2C)NC1CC1c1c(F)cccc1F. The molecule has 1 aromatic carbocycles. The average molecular weight is 362 g/mol. The molecule has 2 saturated heterocycles. The van der Waals surface area contributed by atoms with E-state index in [9.17, 15) is 8.78 Å². The Morgan fingerprint density at radius 3 is 2.35 bits per heavy atom. The van der Waals surface area contributed by atoms with Crippen molar-refractivity contribution >= 4 is 5.96 Å². The number of halogens is 2.